The number of ether oxygens (including phenoxy) is 1. The number of fused-ring (bicyclic) bond motifs is 1. The quantitative estimate of drug-likeness (QED) is 0.325. The van der Waals surface area contributed by atoms with Gasteiger partial charge in [0.2, 0.25) is 5.82 Å². The van der Waals surface area contributed by atoms with E-state index in [1.165, 1.54) is 77.0 Å². The van der Waals surface area contributed by atoms with Gasteiger partial charge < -0.3 is 4.74 Å². The van der Waals surface area contributed by atoms with Crippen LogP contribution >= 0.6 is 0 Å². The van der Waals surface area contributed by atoms with Gasteiger partial charge in [-0.15, -0.1) is 0 Å². The number of halogens is 2. The fourth-order valence-corrected chi connectivity index (χ4v) is 7.45. The highest BCUT2D eigenvalue weighted by Crippen LogP contribution is 2.49. The molecule has 0 aliphatic heterocycles. The van der Waals surface area contributed by atoms with Crippen molar-refractivity contribution in [2.75, 3.05) is 6.61 Å². The van der Waals surface area contributed by atoms with Crippen molar-refractivity contribution < 1.29 is 13.5 Å². The lowest BCUT2D eigenvalue weighted by molar-refractivity contribution is 0.0478. The minimum atomic E-state index is -0.819. The van der Waals surface area contributed by atoms with Crippen molar-refractivity contribution in [1.82, 2.24) is 0 Å². The van der Waals surface area contributed by atoms with Crippen LogP contribution in [0.2, 0.25) is 0 Å². The Morgan fingerprint density at radius 2 is 1.47 bits per heavy atom. The fourth-order valence-electron chi connectivity index (χ4n) is 7.45. The third-order valence-electron chi connectivity index (χ3n) is 9.43. The molecule has 190 valence electrons. The molecule has 0 N–H and O–H groups in total. The van der Waals surface area contributed by atoms with Crippen molar-refractivity contribution in [3.8, 4) is 5.75 Å². The molecule has 0 saturated heterocycles. The lowest BCUT2D eigenvalue weighted by Gasteiger charge is -2.45. The average Bonchev–Trinajstić information content (AvgIpc) is 2.86. The number of aryl methyl sites for hydroxylation is 1. The van der Waals surface area contributed by atoms with Gasteiger partial charge in [0, 0.05) is 0 Å². The maximum Gasteiger partial charge on any atom is 0.200 e. The minimum absolute atomic E-state index is 0.0804. The molecule has 4 atom stereocenters. The maximum absolute atomic E-state index is 14.6. The van der Waals surface area contributed by atoms with Gasteiger partial charge in [0.15, 0.2) is 11.6 Å². The molecule has 34 heavy (non-hydrogen) atoms. The van der Waals surface area contributed by atoms with Gasteiger partial charge in [-0.1, -0.05) is 50.8 Å². The van der Waals surface area contributed by atoms with Crippen LogP contribution in [0.25, 0.3) is 0 Å². The lowest BCUT2D eigenvalue weighted by atomic mass is 9.61. The van der Waals surface area contributed by atoms with Crippen LogP contribution in [0, 0.1) is 47.1 Å². The minimum Gasteiger partial charge on any atom is -0.490 e. The first-order valence-electron chi connectivity index (χ1n) is 14.3. The van der Waals surface area contributed by atoms with E-state index in [9.17, 15) is 8.78 Å². The Morgan fingerprint density at radius 3 is 2.21 bits per heavy atom. The van der Waals surface area contributed by atoms with E-state index in [0.29, 0.717) is 24.5 Å². The number of hydrogen-bond donors (Lipinski definition) is 0. The van der Waals surface area contributed by atoms with Crippen LogP contribution in [0.15, 0.2) is 24.3 Å². The summed E-state index contributed by atoms with van der Waals surface area (Å²) in [5, 5.41) is 0. The molecular weight excluding hydrogens is 426 g/mol. The Hall–Kier alpha value is -1.38. The molecule has 4 rings (SSSR count). The molecule has 0 amide bonds. The zero-order chi connectivity index (χ0) is 23.9. The third-order valence-corrected chi connectivity index (χ3v) is 9.43. The summed E-state index contributed by atoms with van der Waals surface area (Å²) >= 11 is 0. The first-order chi connectivity index (χ1) is 16.6. The van der Waals surface area contributed by atoms with Gasteiger partial charge >= 0.3 is 0 Å². The highest BCUT2D eigenvalue weighted by molar-refractivity contribution is 5.31. The first kappa shape index (κ1) is 25.7. The molecule has 1 aromatic carbocycles. The van der Waals surface area contributed by atoms with Crippen molar-refractivity contribution in [2.24, 2.45) is 35.5 Å². The monoisotopic (exact) mass is 472 g/mol. The molecule has 0 aromatic heterocycles. The average molecular weight is 473 g/mol. The highest BCUT2D eigenvalue weighted by Gasteiger charge is 2.39. The van der Waals surface area contributed by atoms with E-state index in [1.54, 1.807) is 12.1 Å². The van der Waals surface area contributed by atoms with Crippen molar-refractivity contribution in [1.29, 1.82) is 0 Å². The molecule has 3 heteroatoms. The molecule has 3 fully saturated rings. The lowest BCUT2D eigenvalue weighted by Crippen LogP contribution is -2.35. The second-order valence-corrected chi connectivity index (χ2v) is 11.6. The Bertz CT molecular complexity index is 795. The SMILES string of the molecule is C/C=C/CCc1ccc(OCC2CCC3CC(C4CCC(CCC)CC4)CCC3C2)c(F)c1F. The second-order valence-electron chi connectivity index (χ2n) is 11.6. The van der Waals surface area contributed by atoms with Crippen LogP contribution < -0.4 is 4.74 Å². The predicted octanol–water partition coefficient (Wildman–Crippen LogP) is 9.29. The Labute approximate surface area is 206 Å². The van der Waals surface area contributed by atoms with E-state index in [2.05, 4.69) is 6.92 Å². The van der Waals surface area contributed by atoms with Crippen LogP contribution in [-0.4, -0.2) is 6.61 Å². The van der Waals surface area contributed by atoms with Gasteiger partial charge in [-0.05, 0) is 118 Å². The Morgan fingerprint density at radius 1 is 0.824 bits per heavy atom. The largest absolute Gasteiger partial charge is 0.490 e. The first-order valence-corrected chi connectivity index (χ1v) is 14.3. The van der Waals surface area contributed by atoms with E-state index in [1.807, 2.05) is 19.1 Å². The zero-order valence-electron chi connectivity index (χ0n) is 21.5. The second kappa shape index (κ2) is 12.5. The number of allylic oxidation sites excluding steroid dienone is 2. The van der Waals surface area contributed by atoms with Crippen molar-refractivity contribution in [3.05, 3.63) is 41.5 Å². The van der Waals surface area contributed by atoms with Crippen LogP contribution in [0.1, 0.15) is 103 Å². The summed E-state index contributed by atoms with van der Waals surface area (Å²) in [7, 11) is 0. The van der Waals surface area contributed by atoms with E-state index < -0.39 is 11.6 Å². The van der Waals surface area contributed by atoms with Crippen LogP contribution in [0.5, 0.6) is 5.75 Å². The van der Waals surface area contributed by atoms with E-state index >= 15 is 0 Å². The van der Waals surface area contributed by atoms with Gasteiger partial charge in [0.05, 0.1) is 6.61 Å². The maximum atomic E-state index is 14.6. The molecular formula is C31H46F2O. The van der Waals surface area contributed by atoms with Crippen LogP contribution in [0.3, 0.4) is 0 Å². The fraction of sp³-hybridized carbons (Fsp3) is 0.742. The topological polar surface area (TPSA) is 9.23 Å². The molecule has 4 unspecified atom stereocenters. The normalized spacial score (nSPS) is 32.0. The standard InChI is InChI=1S/C31H46F2O/c1-3-5-6-8-25-17-18-29(31(33)30(25)32)34-21-23-11-14-28-20-27(16-15-26(28)19-23)24-12-9-22(7-4-2)10-13-24/h3,5,17-18,22-24,26-28H,4,6-16,19-21H2,1-2H3/b5-3+. The molecule has 0 heterocycles. The summed E-state index contributed by atoms with van der Waals surface area (Å²) in [6.07, 6.45) is 21.7. The molecule has 3 saturated carbocycles. The van der Waals surface area contributed by atoms with Crippen molar-refractivity contribution >= 4 is 0 Å². The van der Waals surface area contributed by atoms with Crippen molar-refractivity contribution in [3.63, 3.8) is 0 Å². The summed E-state index contributed by atoms with van der Waals surface area (Å²) in [5.41, 5.74) is 0.430. The van der Waals surface area contributed by atoms with E-state index in [0.717, 1.165) is 36.0 Å². The van der Waals surface area contributed by atoms with E-state index in [-0.39, 0.29) is 5.75 Å². The molecule has 1 aromatic rings. The molecule has 0 spiro atoms. The number of benzene rings is 1. The molecule has 1 nitrogen and oxygen atoms in total. The molecule has 3 aliphatic rings. The summed E-state index contributed by atoms with van der Waals surface area (Å²) in [6.45, 7) is 4.78. The van der Waals surface area contributed by atoms with Gasteiger partial charge in [-0.2, -0.15) is 4.39 Å². The summed E-state index contributed by atoms with van der Waals surface area (Å²) in [5.74, 6) is 3.62. The van der Waals surface area contributed by atoms with Gasteiger partial charge in [-0.25, -0.2) is 4.39 Å². The third kappa shape index (κ3) is 6.43. The van der Waals surface area contributed by atoms with Gasteiger partial charge in [-0.3, -0.25) is 0 Å². The van der Waals surface area contributed by atoms with Crippen LogP contribution in [0.4, 0.5) is 8.78 Å². The van der Waals surface area contributed by atoms with E-state index in [4.69, 9.17) is 4.74 Å². The van der Waals surface area contributed by atoms with Gasteiger partial charge in [0.25, 0.3) is 0 Å². The molecule has 0 radical (unpaired) electrons. The smallest absolute Gasteiger partial charge is 0.200 e. The Kier molecular flexibility index (Phi) is 9.48. The zero-order valence-corrected chi connectivity index (χ0v) is 21.5. The van der Waals surface area contributed by atoms with Crippen molar-refractivity contribution in [2.45, 2.75) is 104 Å². The molecule has 0 bridgehead atoms. The number of rotatable bonds is 9. The highest BCUT2D eigenvalue weighted by atomic mass is 19.2. The summed E-state index contributed by atoms with van der Waals surface area (Å²) in [6, 6.07) is 3.31. The Balaban J connectivity index is 1.22. The van der Waals surface area contributed by atoms with Crippen LogP contribution in [-0.2, 0) is 6.42 Å². The summed E-state index contributed by atoms with van der Waals surface area (Å²) < 4.78 is 34.8. The number of hydrogen-bond acceptors (Lipinski definition) is 1. The van der Waals surface area contributed by atoms with Gasteiger partial charge in [0.1, 0.15) is 0 Å². The molecule has 3 aliphatic carbocycles. The predicted molar refractivity (Wildman–Crippen MR) is 137 cm³/mol. The summed E-state index contributed by atoms with van der Waals surface area (Å²) in [4.78, 5) is 0.